The fourth-order valence-corrected chi connectivity index (χ4v) is 2.87. The molecule has 3 aromatic rings. The molecule has 2 aromatic carbocycles. The Balaban J connectivity index is 0.000000173. The molecular formula is C16H14ClN5O2S. The number of carboxylic acid groups (broad SMARTS) is 1. The van der Waals surface area contributed by atoms with Crippen molar-refractivity contribution in [3.63, 3.8) is 0 Å². The first-order valence-electron chi connectivity index (χ1n) is 7.39. The van der Waals surface area contributed by atoms with Crippen molar-refractivity contribution in [2.24, 2.45) is 4.99 Å². The zero-order valence-electron chi connectivity index (χ0n) is 12.9. The van der Waals surface area contributed by atoms with E-state index in [1.807, 2.05) is 12.1 Å². The fraction of sp³-hybridized carbons (Fsp3) is 0.125. The highest BCUT2D eigenvalue weighted by atomic mass is 35.5. The summed E-state index contributed by atoms with van der Waals surface area (Å²) < 4.78 is 8.39. The van der Waals surface area contributed by atoms with Gasteiger partial charge < -0.3 is 15.7 Å². The smallest absolute Gasteiger partial charge is 0.335 e. The largest absolute Gasteiger partial charge is 0.478 e. The van der Waals surface area contributed by atoms with E-state index >= 15 is 0 Å². The monoisotopic (exact) mass is 375 g/mol. The Kier molecular flexibility index (Phi) is 5.42. The number of aromatic nitrogens is 2. The van der Waals surface area contributed by atoms with Gasteiger partial charge in [0.05, 0.1) is 34.5 Å². The van der Waals surface area contributed by atoms with Gasteiger partial charge in [-0.3, -0.25) is 4.99 Å². The maximum absolute atomic E-state index is 10.2. The van der Waals surface area contributed by atoms with E-state index in [0.29, 0.717) is 10.6 Å². The van der Waals surface area contributed by atoms with Gasteiger partial charge in [0.2, 0.25) is 0 Å². The summed E-state index contributed by atoms with van der Waals surface area (Å²) >= 11 is 7.30. The number of guanidine groups is 1. The first-order valence-corrected chi connectivity index (χ1v) is 8.50. The maximum atomic E-state index is 10.2. The molecule has 1 aromatic heterocycles. The number of fused-ring (bicyclic) bond motifs is 1. The fourth-order valence-electron chi connectivity index (χ4n) is 2.13. The summed E-state index contributed by atoms with van der Waals surface area (Å²) in [6, 6.07) is 12.0. The molecule has 0 spiro atoms. The zero-order chi connectivity index (χ0) is 17.6. The number of halogens is 1. The topological polar surface area (TPSA) is 99.5 Å². The van der Waals surface area contributed by atoms with Crippen molar-refractivity contribution in [3.8, 4) is 0 Å². The van der Waals surface area contributed by atoms with Gasteiger partial charge >= 0.3 is 5.97 Å². The van der Waals surface area contributed by atoms with Crippen LogP contribution >= 0.6 is 23.3 Å². The molecule has 0 saturated carbocycles. The highest BCUT2D eigenvalue weighted by Crippen LogP contribution is 2.29. The van der Waals surface area contributed by atoms with Gasteiger partial charge in [-0.2, -0.15) is 8.75 Å². The minimum Gasteiger partial charge on any atom is -0.478 e. The average molecular weight is 376 g/mol. The Bertz CT molecular complexity index is 913. The number of benzene rings is 2. The van der Waals surface area contributed by atoms with Crippen molar-refractivity contribution >= 4 is 52.0 Å². The van der Waals surface area contributed by atoms with Gasteiger partial charge in [-0.25, -0.2) is 4.79 Å². The zero-order valence-corrected chi connectivity index (χ0v) is 14.5. The molecule has 4 rings (SSSR count). The van der Waals surface area contributed by atoms with Crippen LogP contribution in [0.5, 0.6) is 0 Å². The van der Waals surface area contributed by atoms with Crippen LogP contribution in [0.25, 0.3) is 11.0 Å². The lowest BCUT2D eigenvalue weighted by Crippen LogP contribution is -2.26. The van der Waals surface area contributed by atoms with E-state index in [2.05, 4.69) is 24.4 Å². The molecule has 0 bridgehead atoms. The second kappa shape index (κ2) is 7.91. The molecule has 7 nitrogen and oxygen atoms in total. The summed E-state index contributed by atoms with van der Waals surface area (Å²) in [6.07, 6.45) is 0. The second-order valence-electron chi connectivity index (χ2n) is 5.01. The number of aliphatic imine (C=N–C) groups is 1. The van der Waals surface area contributed by atoms with Gasteiger partial charge in [0.25, 0.3) is 0 Å². The van der Waals surface area contributed by atoms with Gasteiger partial charge in [-0.1, -0.05) is 29.8 Å². The van der Waals surface area contributed by atoms with E-state index in [-0.39, 0.29) is 0 Å². The molecule has 1 aliphatic rings. The number of anilines is 1. The van der Waals surface area contributed by atoms with E-state index < -0.39 is 5.97 Å². The van der Waals surface area contributed by atoms with Crippen LogP contribution in [-0.4, -0.2) is 38.9 Å². The van der Waals surface area contributed by atoms with E-state index in [1.165, 1.54) is 11.7 Å². The first-order chi connectivity index (χ1) is 12.1. The van der Waals surface area contributed by atoms with E-state index in [4.69, 9.17) is 16.7 Å². The lowest BCUT2D eigenvalue weighted by Gasteiger charge is -2.08. The van der Waals surface area contributed by atoms with Gasteiger partial charge in [0.15, 0.2) is 5.96 Å². The normalized spacial score (nSPS) is 12.8. The van der Waals surface area contributed by atoms with Crippen LogP contribution < -0.4 is 10.6 Å². The molecule has 25 heavy (non-hydrogen) atoms. The highest BCUT2D eigenvalue weighted by Gasteiger charge is 2.13. The highest BCUT2D eigenvalue weighted by molar-refractivity contribution is 7.00. The Hall–Kier alpha value is -2.71. The first kappa shape index (κ1) is 17.1. The second-order valence-corrected chi connectivity index (χ2v) is 5.94. The Morgan fingerprint density at radius 1 is 1.20 bits per heavy atom. The molecule has 0 fully saturated rings. The standard InChI is InChI=1S/C9H8ClN5S.C7H6O2/c10-5-1-2-6-8(15-16-14-6)7(5)13-9-11-3-4-12-9;8-7(9)6-4-2-1-3-5-6/h1-2H,3-4H2,(H2,11,12,13);1-5H,(H,8,9). The number of nitrogens with one attached hydrogen (secondary N) is 2. The van der Waals surface area contributed by atoms with Crippen LogP contribution in [0.2, 0.25) is 5.02 Å². The van der Waals surface area contributed by atoms with Crippen molar-refractivity contribution in [2.75, 3.05) is 18.4 Å². The Morgan fingerprint density at radius 3 is 2.64 bits per heavy atom. The van der Waals surface area contributed by atoms with Crippen LogP contribution in [0.15, 0.2) is 47.5 Å². The lowest BCUT2D eigenvalue weighted by atomic mass is 10.2. The van der Waals surface area contributed by atoms with Crippen molar-refractivity contribution in [1.82, 2.24) is 14.1 Å². The number of aromatic carboxylic acids is 1. The van der Waals surface area contributed by atoms with Crippen LogP contribution in [-0.2, 0) is 0 Å². The summed E-state index contributed by atoms with van der Waals surface area (Å²) in [6.45, 7) is 1.64. The molecular weight excluding hydrogens is 362 g/mol. The summed E-state index contributed by atoms with van der Waals surface area (Å²) in [5.41, 5.74) is 2.72. The van der Waals surface area contributed by atoms with E-state index in [1.54, 1.807) is 30.3 Å². The predicted octanol–water partition coefficient (Wildman–Crippen LogP) is 3.10. The molecule has 0 atom stereocenters. The Labute approximate surface area is 152 Å². The Morgan fingerprint density at radius 2 is 2.00 bits per heavy atom. The molecule has 1 aliphatic heterocycles. The van der Waals surface area contributed by atoms with Crippen molar-refractivity contribution in [3.05, 3.63) is 53.1 Å². The summed E-state index contributed by atoms with van der Waals surface area (Å²) in [5, 5.41) is 15.3. The van der Waals surface area contributed by atoms with E-state index in [9.17, 15) is 4.79 Å². The summed E-state index contributed by atoms with van der Waals surface area (Å²) in [7, 11) is 0. The van der Waals surface area contributed by atoms with Crippen molar-refractivity contribution in [2.45, 2.75) is 0 Å². The molecule has 0 aliphatic carbocycles. The van der Waals surface area contributed by atoms with Crippen LogP contribution in [0.3, 0.4) is 0 Å². The number of rotatable bonds is 2. The quantitative estimate of drug-likeness (QED) is 0.636. The van der Waals surface area contributed by atoms with Gasteiger partial charge in [-0.05, 0) is 24.3 Å². The SMILES string of the molecule is Clc1ccc2nsnc2c1NC1=NCCN1.O=C(O)c1ccccc1. The molecule has 2 heterocycles. The number of nitrogens with zero attached hydrogens (tertiary/aromatic N) is 3. The number of hydrogen-bond donors (Lipinski definition) is 3. The molecule has 3 N–H and O–H groups in total. The third-order valence-electron chi connectivity index (χ3n) is 3.32. The van der Waals surface area contributed by atoms with E-state index in [0.717, 1.165) is 35.8 Å². The summed E-state index contributed by atoms with van der Waals surface area (Å²) in [4.78, 5) is 14.5. The van der Waals surface area contributed by atoms with Crippen molar-refractivity contribution in [1.29, 1.82) is 0 Å². The molecule has 0 amide bonds. The minimum absolute atomic E-state index is 0.331. The minimum atomic E-state index is -0.879. The molecule has 0 unspecified atom stereocenters. The lowest BCUT2D eigenvalue weighted by molar-refractivity contribution is 0.0697. The van der Waals surface area contributed by atoms with Crippen LogP contribution in [0.1, 0.15) is 10.4 Å². The third kappa shape index (κ3) is 4.23. The van der Waals surface area contributed by atoms with Gasteiger partial charge in [0.1, 0.15) is 11.0 Å². The van der Waals surface area contributed by atoms with Gasteiger partial charge in [-0.15, -0.1) is 0 Å². The number of hydrogen-bond acceptors (Lipinski definition) is 7. The third-order valence-corrected chi connectivity index (χ3v) is 4.17. The maximum Gasteiger partial charge on any atom is 0.335 e. The van der Waals surface area contributed by atoms with Gasteiger partial charge in [0, 0.05) is 6.54 Å². The average Bonchev–Trinajstić information content (AvgIpc) is 3.30. The summed E-state index contributed by atoms with van der Waals surface area (Å²) in [5.74, 6) is -0.141. The van der Waals surface area contributed by atoms with Crippen molar-refractivity contribution < 1.29 is 9.90 Å². The van der Waals surface area contributed by atoms with Crippen LogP contribution in [0, 0.1) is 0 Å². The molecule has 0 saturated heterocycles. The molecule has 128 valence electrons. The van der Waals surface area contributed by atoms with Crippen LogP contribution in [0.4, 0.5) is 5.69 Å². The molecule has 9 heteroatoms. The number of carbonyl (C=O) groups is 1. The molecule has 0 radical (unpaired) electrons. The predicted molar refractivity (Wildman–Crippen MR) is 99.8 cm³/mol. The number of carboxylic acids is 1.